The highest BCUT2D eigenvalue weighted by Crippen LogP contribution is 2.60. The van der Waals surface area contributed by atoms with Gasteiger partial charge >= 0.3 is 24.7 Å². The van der Waals surface area contributed by atoms with E-state index in [-0.39, 0.29) is 70.4 Å². The van der Waals surface area contributed by atoms with Crippen molar-refractivity contribution in [1.29, 1.82) is 0 Å². The molecule has 0 aliphatic carbocycles. The van der Waals surface area contributed by atoms with Crippen LogP contribution in [0.2, 0.25) is 0 Å². The normalized spacial score (nSPS) is 13.6. The van der Waals surface area contributed by atoms with Crippen molar-refractivity contribution in [1.82, 2.24) is 0 Å². The van der Waals surface area contributed by atoms with E-state index in [0.29, 0.717) is 11.5 Å². The van der Waals surface area contributed by atoms with Gasteiger partial charge in [0.2, 0.25) is 0 Å². The second-order valence-electron chi connectivity index (χ2n) is 54.7. The maximum Gasteiger partial charge on any atom is 0.453 e. The highest BCUT2D eigenvalue weighted by atomic mass is 31.1. The maximum absolute atomic E-state index is 7.47. The minimum absolute atomic E-state index is 0.0767. The summed E-state index contributed by atoms with van der Waals surface area (Å²) in [6.45, 7) is 94.3. The molecule has 0 spiro atoms. The number of ether oxygens (including phenoxy) is 5. The lowest BCUT2D eigenvalue weighted by atomic mass is 9.72. The van der Waals surface area contributed by atoms with Crippen molar-refractivity contribution in [3.05, 3.63) is 270 Å². The van der Waals surface area contributed by atoms with E-state index in [0.717, 1.165) is 196 Å². The molecule has 14 nitrogen and oxygen atoms in total. The summed E-state index contributed by atoms with van der Waals surface area (Å²) in [5.74, 6) is 6.11. The van der Waals surface area contributed by atoms with Gasteiger partial charge in [-0.1, -0.05) is 348 Å². The first kappa shape index (κ1) is 114. The fraction of sp³-hybridized carbons (Fsp3) is 0.459. The number of rotatable bonds is 12. The van der Waals surface area contributed by atoms with Crippen LogP contribution in [-0.4, -0.2) is 35.5 Å². The predicted octanol–water partition coefficient (Wildman–Crippen LogP) is 41.1. The second kappa shape index (κ2) is 41.0. The van der Waals surface area contributed by atoms with Gasteiger partial charge in [-0.2, -0.15) is 0 Å². The number of fused-ring (bicyclic) bond motifs is 10. The van der Waals surface area contributed by atoms with Gasteiger partial charge in [0.15, 0.2) is 0 Å². The molecule has 16 rings (SSSR count). The zero-order chi connectivity index (χ0) is 111. The molecule has 3 aromatic heterocycles. The number of aryl methyl sites for hydroxylation is 4. The highest BCUT2D eigenvalue weighted by molar-refractivity contribution is 7.32. The van der Waals surface area contributed by atoms with Crippen LogP contribution < -0.4 is 37.3 Å². The first-order chi connectivity index (χ1) is 69.0. The molecule has 2 bridgehead atoms. The molecule has 0 N–H and O–H groups in total. The molecular formula is C133H171O14P3. The molecule has 0 fully saturated rings. The Balaban J connectivity index is 0.000000179. The summed E-state index contributed by atoms with van der Waals surface area (Å²) in [4.78, 5) is 0. The molecule has 802 valence electrons. The lowest BCUT2D eigenvalue weighted by Crippen LogP contribution is -2.24. The quantitative estimate of drug-likeness (QED) is 0.114. The third kappa shape index (κ3) is 24.0. The molecule has 1 aliphatic rings. The number of para-hydroxylation sites is 2. The van der Waals surface area contributed by atoms with Crippen molar-refractivity contribution < 1.29 is 62.4 Å². The van der Waals surface area contributed by atoms with Gasteiger partial charge < -0.3 is 62.4 Å². The average Bonchev–Trinajstić information content (AvgIpc) is 1.26. The molecular weight excluding hydrogens is 1910 g/mol. The van der Waals surface area contributed by atoms with E-state index in [1.165, 1.54) is 44.5 Å². The van der Waals surface area contributed by atoms with Gasteiger partial charge in [-0.25, -0.2) is 0 Å². The Labute approximate surface area is 899 Å². The van der Waals surface area contributed by atoms with Gasteiger partial charge in [0.1, 0.15) is 79.5 Å². The Morgan fingerprint density at radius 2 is 0.547 bits per heavy atom. The lowest BCUT2D eigenvalue weighted by Gasteiger charge is -2.33. The Morgan fingerprint density at radius 3 is 0.927 bits per heavy atom. The Morgan fingerprint density at radius 1 is 0.253 bits per heavy atom. The minimum Gasteiger partial charge on any atom is -0.497 e. The number of benzene rings is 12. The molecule has 0 radical (unpaired) electrons. The van der Waals surface area contributed by atoms with E-state index in [4.69, 9.17) is 62.4 Å². The molecule has 1 aliphatic heterocycles. The second-order valence-corrected chi connectivity index (χ2v) is 57.7. The van der Waals surface area contributed by atoms with Gasteiger partial charge in [-0.3, -0.25) is 0 Å². The Bertz CT molecular complexity index is 7710. The molecule has 1 atom stereocenters. The average molecular weight is 2090 g/mol. The predicted molar refractivity (Wildman–Crippen MR) is 636 cm³/mol. The molecule has 150 heavy (non-hydrogen) atoms. The zero-order valence-electron chi connectivity index (χ0n) is 99.4. The first-order valence-electron chi connectivity index (χ1n) is 53.2. The van der Waals surface area contributed by atoms with E-state index in [1.807, 2.05) is 60.7 Å². The molecule has 1 unspecified atom stereocenters. The van der Waals surface area contributed by atoms with E-state index < -0.39 is 24.7 Å². The van der Waals surface area contributed by atoms with Crippen molar-refractivity contribution in [3.8, 4) is 79.4 Å². The van der Waals surface area contributed by atoms with Crippen LogP contribution >= 0.6 is 24.7 Å². The minimum atomic E-state index is -1.98. The zero-order valence-corrected chi connectivity index (χ0v) is 102. The fourth-order valence-electron chi connectivity index (χ4n) is 20.1. The molecule has 17 heteroatoms. The van der Waals surface area contributed by atoms with Crippen LogP contribution in [0.15, 0.2) is 195 Å². The van der Waals surface area contributed by atoms with Crippen LogP contribution in [0.5, 0.6) is 46.0 Å². The lowest BCUT2D eigenvalue weighted by molar-refractivity contribution is 0.389. The van der Waals surface area contributed by atoms with Crippen LogP contribution in [0.25, 0.3) is 99.2 Å². The number of hydrogen-bond acceptors (Lipinski definition) is 14. The van der Waals surface area contributed by atoms with Crippen LogP contribution in [0.1, 0.15) is 363 Å². The standard InChI is InChI=1S/C53H73O4P.C41H51O4P.C39H47O6P/c1-47(2,3)32-22-31-30-53(19,20)42-29-35(50(10,11)12)26-39(37-24-33(48(4,5)6)27-40(44(37)54-21)51(13,14)15)46(42)57-58-55-43(31)36(23-32)38-25-34(49(7,8)9)28-41(45(38)56-58)52(16,17)18;1-38(2,3)26-22-30(36(42-13)32(24-26)40(7,8)9)31-23-27(39(4,5)6)25-33(41(10,11)12)37(31)45-46-43-34-20-16-14-18-28(34)29-19-15-17-21-35(29)44-46;1-22-14-24(3)34-28(16-22)29-17-23(2)15-25(4)35(29)44-46(43-34)45-37-31(19-27(41-12)21-33(37)39(8,9)10)30-18-26(40-11)20-32(36(30)42-13)38(5,6)7/h22-29H,30H2,1-21H3;14-25H,1-13H3;14-21H,1-13H3. The van der Waals surface area contributed by atoms with Gasteiger partial charge in [0.25, 0.3) is 0 Å². The smallest absolute Gasteiger partial charge is 0.453 e. The fourth-order valence-corrected chi connectivity index (χ4v) is 23.6. The largest absolute Gasteiger partial charge is 0.497 e. The Hall–Kier alpha value is -11.3. The SMILES string of the molecule is COc1c(-c2cc(C(C)(C)C)cc(C(C)(C)C)c2Op2oc3ccccc3c3ccccc3o2)cc(C(C)(C)C)cc1C(C)(C)C.COc1c(-c2cc(C(C)(C)C)cc3c2Op2oc4c(cc(C(C)(C)C)cc4c4cc(C(C)(C)C)cc(C(C)(C)C)c4o2)CC3(C)C)cc(C(C)(C)C)cc1C(C)(C)C.COc1cc(-c2cc(OC)cc(C(C)(C)C)c2Op2oc3c(C)cc(C)cc3c3cc(C)cc(C)c3o2)c(OC)c(C(C)(C)C)c1. The van der Waals surface area contributed by atoms with Crippen molar-refractivity contribution in [3.63, 3.8) is 0 Å². The summed E-state index contributed by atoms with van der Waals surface area (Å²) in [7, 11) is 2.85. The van der Waals surface area contributed by atoms with Crippen LogP contribution in [0.3, 0.4) is 0 Å². The number of hydrogen-bond donors (Lipinski definition) is 0. The molecule has 0 amide bonds. The van der Waals surface area contributed by atoms with Crippen LogP contribution in [0, 0.1) is 27.7 Å². The van der Waals surface area contributed by atoms with Crippen LogP contribution in [-0.2, 0) is 76.8 Å². The van der Waals surface area contributed by atoms with E-state index in [9.17, 15) is 0 Å². The van der Waals surface area contributed by atoms with E-state index in [2.05, 4.69) is 400 Å². The highest BCUT2D eigenvalue weighted by Gasteiger charge is 2.41. The van der Waals surface area contributed by atoms with E-state index in [1.54, 1.807) is 35.5 Å². The van der Waals surface area contributed by atoms with Gasteiger partial charge in [-0.05, 0) is 251 Å². The summed E-state index contributed by atoms with van der Waals surface area (Å²) < 4.78 is 93.5. The van der Waals surface area contributed by atoms with Crippen molar-refractivity contribution in [2.24, 2.45) is 0 Å². The summed E-state index contributed by atoms with van der Waals surface area (Å²) in [6, 6.07) is 60.9. The van der Waals surface area contributed by atoms with Gasteiger partial charge in [0.05, 0.1) is 35.5 Å². The molecule has 4 heterocycles. The molecule has 0 saturated carbocycles. The first-order valence-corrected chi connectivity index (χ1v) is 56.5. The summed E-state index contributed by atoms with van der Waals surface area (Å²) >= 11 is 0. The van der Waals surface area contributed by atoms with Crippen molar-refractivity contribution in [2.75, 3.05) is 35.5 Å². The van der Waals surface area contributed by atoms with Crippen LogP contribution in [0.4, 0.5) is 0 Å². The molecule has 0 saturated heterocycles. The summed E-state index contributed by atoms with van der Waals surface area (Å²) in [5.41, 5.74) is 28.8. The summed E-state index contributed by atoms with van der Waals surface area (Å²) in [6.07, 6.45) is 0.749. The van der Waals surface area contributed by atoms with Gasteiger partial charge in [0, 0.05) is 105 Å². The third-order valence-corrected chi connectivity index (χ3v) is 32.1. The number of methoxy groups -OCH3 is 5. The summed E-state index contributed by atoms with van der Waals surface area (Å²) in [5, 5.41) is 6.13. The third-order valence-electron chi connectivity index (χ3n) is 29.1. The Kier molecular flexibility index (Phi) is 31.2. The monoisotopic (exact) mass is 2090 g/mol. The molecule has 12 aromatic carbocycles. The van der Waals surface area contributed by atoms with Crippen molar-refractivity contribution >= 4 is 90.5 Å². The maximum atomic E-state index is 7.47. The van der Waals surface area contributed by atoms with Gasteiger partial charge in [-0.15, -0.1) is 0 Å². The van der Waals surface area contributed by atoms with E-state index >= 15 is 0 Å². The van der Waals surface area contributed by atoms with Crippen molar-refractivity contribution in [2.45, 2.75) is 368 Å². The molecule has 15 aromatic rings. The topological polar surface area (TPSA) is 153 Å².